The van der Waals surface area contributed by atoms with Gasteiger partial charge < -0.3 is 10.6 Å². The SMILES string of the molecule is CCN1CCN(C(c2ccccc2Br)C(C)N)CC1. The average molecular weight is 326 g/mol. The topological polar surface area (TPSA) is 32.5 Å². The third-order valence-electron chi connectivity index (χ3n) is 3.97. The fraction of sp³-hybridized carbons (Fsp3) is 0.600. The van der Waals surface area contributed by atoms with Crippen LogP contribution in [0.3, 0.4) is 0 Å². The van der Waals surface area contributed by atoms with Crippen LogP contribution in [0.1, 0.15) is 25.5 Å². The molecule has 1 aliphatic heterocycles. The molecular formula is C15H24BrN3. The van der Waals surface area contributed by atoms with E-state index < -0.39 is 0 Å². The van der Waals surface area contributed by atoms with Gasteiger partial charge in [-0.1, -0.05) is 41.1 Å². The molecule has 19 heavy (non-hydrogen) atoms. The van der Waals surface area contributed by atoms with E-state index in [0.717, 1.165) is 37.2 Å². The van der Waals surface area contributed by atoms with Crippen LogP contribution in [0.25, 0.3) is 0 Å². The monoisotopic (exact) mass is 325 g/mol. The fourth-order valence-electron chi connectivity index (χ4n) is 2.89. The summed E-state index contributed by atoms with van der Waals surface area (Å²) in [5.41, 5.74) is 7.57. The Morgan fingerprint density at radius 2 is 1.84 bits per heavy atom. The number of hydrogen-bond donors (Lipinski definition) is 1. The summed E-state index contributed by atoms with van der Waals surface area (Å²) in [6.45, 7) is 9.96. The zero-order valence-corrected chi connectivity index (χ0v) is 13.4. The van der Waals surface area contributed by atoms with E-state index in [-0.39, 0.29) is 6.04 Å². The number of halogens is 1. The number of likely N-dealkylation sites (N-methyl/N-ethyl adjacent to an activating group) is 1. The van der Waals surface area contributed by atoms with Crippen molar-refractivity contribution in [1.82, 2.24) is 9.80 Å². The number of rotatable bonds is 4. The maximum Gasteiger partial charge on any atom is 0.0508 e. The molecule has 2 unspecified atom stereocenters. The summed E-state index contributed by atoms with van der Waals surface area (Å²) in [7, 11) is 0. The zero-order valence-electron chi connectivity index (χ0n) is 11.8. The minimum Gasteiger partial charge on any atom is -0.326 e. The van der Waals surface area contributed by atoms with E-state index in [1.165, 1.54) is 5.56 Å². The first kappa shape index (κ1) is 15.0. The normalized spacial score (nSPS) is 21.3. The first-order valence-corrected chi connectivity index (χ1v) is 7.89. The molecule has 1 saturated heterocycles. The summed E-state index contributed by atoms with van der Waals surface area (Å²) in [6, 6.07) is 8.87. The zero-order chi connectivity index (χ0) is 13.8. The molecular weight excluding hydrogens is 302 g/mol. The van der Waals surface area contributed by atoms with Crippen LogP contribution < -0.4 is 5.73 Å². The maximum atomic E-state index is 6.26. The maximum absolute atomic E-state index is 6.26. The highest BCUT2D eigenvalue weighted by atomic mass is 79.9. The molecule has 0 saturated carbocycles. The Morgan fingerprint density at radius 3 is 2.37 bits per heavy atom. The summed E-state index contributed by atoms with van der Waals surface area (Å²) in [6.07, 6.45) is 0. The highest BCUT2D eigenvalue weighted by Gasteiger charge is 2.28. The van der Waals surface area contributed by atoms with Gasteiger partial charge in [0.05, 0.1) is 6.04 Å². The first-order chi connectivity index (χ1) is 9.13. The Labute approximate surface area is 124 Å². The van der Waals surface area contributed by atoms with Gasteiger partial charge in [-0.3, -0.25) is 4.90 Å². The summed E-state index contributed by atoms with van der Waals surface area (Å²) >= 11 is 3.66. The smallest absolute Gasteiger partial charge is 0.0508 e. The molecule has 3 nitrogen and oxygen atoms in total. The van der Waals surface area contributed by atoms with Crippen molar-refractivity contribution in [1.29, 1.82) is 0 Å². The lowest BCUT2D eigenvalue weighted by Crippen LogP contribution is -2.50. The Hall–Kier alpha value is -0.420. The summed E-state index contributed by atoms with van der Waals surface area (Å²) in [4.78, 5) is 5.02. The molecule has 4 heteroatoms. The summed E-state index contributed by atoms with van der Waals surface area (Å²) < 4.78 is 1.16. The van der Waals surface area contributed by atoms with Gasteiger partial charge in [0.15, 0.2) is 0 Å². The predicted octanol–water partition coefficient (Wildman–Crippen LogP) is 2.47. The van der Waals surface area contributed by atoms with Crippen LogP contribution in [-0.2, 0) is 0 Å². The third-order valence-corrected chi connectivity index (χ3v) is 4.69. The Bertz CT molecular complexity index is 400. The predicted molar refractivity (Wildman–Crippen MR) is 84.2 cm³/mol. The molecule has 2 N–H and O–H groups in total. The molecule has 1 aliphatic rings. The van der Waals surface area contributed by atoms with Crippen molar-refractivity contribution in [3.8, 4) is 0 Å². The second kappa shape index (κ2) is 6.84. The van der Waals surface area contributed by atoms with Crippen molar-refractivity contribution in [3.63, 3.8) is 0 Å². The van der Waals surface area contributed by atoms with Crippen molar-refractivity contribution in [2.75, 3.05) is 32.7 Å². The van der Waals surface area contributed by atoms with Gasteiger partial charge in [0.2, 0.25) is 0 Å². The van der Waals surface area contributed by atoms with Crippen molar-refractivity contribution >= 4 is 15.9 Å². The molecule has 0 radical (unpaired) electrons. The van der Waals surface area contributed by atoms with Gasteiger partial charge in [-0.25, -0.2) is 0 Å². The van der Waals surface area contributed by atoms with Crippen LogP contribution in [0.5, 0.6) is 0 Å². The standard InChI is InChI=1S/C15H24BrN3/c1-3-18-8-10-19(11-9-18)15(12(2)17)13-6-4-5-7-14(13)16/h4-7,12,15H,3,8-11,17H2,1-2H3. The van der Waals surface area contributed by atoms with Crippen LogP contribution in [0, 0.1) is 0 Å². The van der Waals surface area contributed by atoms with Gasteiger partial charge in [-0.15, -0.1) is 0 Å². The van der Waals surface area contributed by atoms with Crippen LogP contribution >= 0.6 is 15.9 Å². The van der Waals surface area contributed by atoms with Crippen LogP contribution in [-0.4, -0.2) is 48.6 Å². The highest BCUT2D eigenvalue weighted by molar-refractivity contribution is 9.10. The molecule has 106 valence electrons. The van der Waals surface area contributed by atoms with Gasteiger partial charge in [0.1, 0.15) is 0 Å². The lowest BCUT2D eigenvalue weighted by molar-refractivity contribution is 0.0895. The van der Waals surface area contributed by atoms with Crippen LogP contribution in [0.4, 0.5) is 0 Å². The van der Waals surface area contributed by atoms with E-state index in [1.54, 1.807) is 0 Å². The number of nitrogens with two attached hydrogens (primary N) is 1. The molecule has 0 spiro atoms. The molecule has 1 aromatic carbocycles. The fourth-order valence-corrected chi connectivity index (χ4v) is 3.40. The Balaban J connectivity index is 2.16. The van der Waals surface area contributed by atoms with Gasteiger partial charge in [0, 0.05) is 36.7 Å². The lowest BCUT2D eigenvalue weighted by atomic mass is 9.98. The number of benzene rings is 1. The van der Waals surface area contributed by atoms with E-state index in [9.17, 15) is 0 Å². The minimum absolute atomic E-state index is 0.131. The molecule has 0 aromatic heterocycles. The van der Waals surface area contributed by atoms with Gasteiger partial charge in [-0.2, -0.15) is 0 Å². The van der Waals surface area contributed by atoms with E-state index in [4.69, 9.17) is 5.73 Å². The quantitative estimate of drug-likeness (QED) is 0.923. The van der Waals surface area contributed by atoms with Crippen molar-refractivity contribution < 1.29 is 0 Å². The molecule has 1 aromatic rings. The second-order valence-corrected chi connectivity index (χ2v) is 6.15. The average Bonchev–Trinajstić information content (AvgIpc) is 2.42. The van der Waals surface area contributed by atoms with Crippen molar-refractivity contribution in [3.05, 3.63) is 34.3 Å². The lowest BCUT2D eigenvalue weighted by Gasteiger charge is -2.41. The van der Waals surface area contributed by atoms with Crippen LogP contribution in [0.15, 0.2) is 28.7 Å². The summed E-state index contributed by atoms with van der Waals surface area (Å²) in [5, 5.41) is 0. The molecule has 2 atom stereocenters. The third kappa shape index (κ3) is 3.57. The Morgan fingerprint density at radius 1 is 1.21 bits per heavy atom. The molecule has 0 aliphatic carbocycles. The van der Waals surface area contributed by atoms with Crippen molar-refractivity contribution in [2.45, 2.75) is 25.9 Å². The van der Waals surface area contributed by atoms with Gasteiger partial charge in [0.25, 0.3) is 0 Å². The van der Waals surface area contributed by atoms with Gasteiger partial charge >= 0.3 is 0 Å². The molecule has 2 rings (SSSR count). The molecule has 1 fully saturated rings. The van der Waals surface area contributed by atoms with E-state index in [0.29, 0.717) is 6.04 Å². The minimum atomic E-state index is 0.131. The second-order valence-electron chi connectivity index (χ2n) is 5.30. The van der Waals surface area contributed by atoms with E-state index in [1.807, 2.05) is 0 Å². The van der Waals surface area contributed by atoms with Gasteiger partial charge in [-0.05, 0) is 25.1 Å². The van der Waals surface area contributed by atoms with E-state index in [2.05, 4.69) is 63.8 Å². The first-order valence-electron chi connectivity index (χ1n) is 7.10. The molecule has 1 heterocycles. The highest BCUT2D eigenvalue weighted by Crippen LogP contribution is 2.30. The van der Waals surface area contributed by atoms with Crippen molar-refractivity contribution in [2.24, 2.45) is 5.73 Å². The van der Waals surface area contributed by atoms with E-state index >= 15 is 0 Å². The number of hydrogen-bond acceptors (Lipinski definition) is 3. The summed E-state index contributed by atoms with van der Waals surface area (Å²) in [5.74, 6) is 0. The number of nitrogens with zero attached hydrogens (tertiary/aromatic N) is 2. The Kier molecular flexibility index (Phi) is 5.39. The van der Waals surface area contributed by atoms with Crippen LogP contribution in [0.2, 0.25) is 0 Å². The number of piperazine rings is 1. The largest absolute Gasteiger partial charge is 0.326 e. The molecule has 0 bridgehead atoms. The molecule has 0 amide bonds.